The number of benzene rings is 2. The van der Waals surface area contributed by atoms with Gasteiger partial charge in [0.15, 0.2) is 0 Å². The van der Waals surface area contributed by atoms with Gasteiger partial charge in [-0.2, -0.15) is 0 Å². The lowest BCUT2D eigenvalue weighted by atomic mass is 10.1. The van der Waals surface area contributed by atoms with Gasteiger partial charge in [-0.25, -0.2) is 0 Å². The van der Waals surface area contributed by atoms with Crippen LogP contribution in [-0.2, 0) is 11.3 Å². The molecule has 0 saturated carbocycles. The zero-order valence-electron chi connectivity index (χ0n) is 20.1. The summed E-state index contributed by atoms with van der Waals surface area (Å²) in [5.74, 6) is -0.356. The topological polar surface area (TPSA) is 80.0 Å². The third-order valence-corrected chi connectivity index (χ3v) is 5.36. The summed E-state index contributed by atoms with van der Waals surface area (Å²) in [6.07, 6.45) is 5.56. The molecule has 0 spiro atoms. The Hall–Kier alpha value is -3.54. The molecule has 1 heterocycles. The summed E-state index contributed by atoms with van der Waals surface area (Å²) in [5.41, 5.74) is 3.20. The number of carbonyl (C=O) groups excluding carboxylic acids is 1. The summed E-state index contributed by atoms with van der Waals surface area (Å²) in [6.45, 7) is 4.08. The summed E-state index contributed by atoms with van der Waals surface area (Å²) in [6, 6.07) is 15.5. The maximum Gasteiger partial charge on any atom is 0.303 e. The molecule has 0 saturated heterocycles. The maximum absolute atomic E-state index is 13.4. The van der Waals surface area contributed by atoms with Crippen molar-refractivity contribution in [1.29, 1.82) is 0 Å². The number of ether oxygens (including phenoxy) is 1. The third kappa shape index (κ3) is 6.97. The van der Waals surface area contributed by atoms with E-state index in [-0.39, 0.29) is 18.9 Å². The minimum Gasteiger partial charge on any atom is -0.493 e. The summed E-state index contributed by atoms with van der Waals surface area (Å²) < 4.78 is 19.7. The Kier molecular flexibility index (Phi) is 8.17. The summed E-state index contributed by atoms with van der Waals surface area (Å²) in [4.78, 5) is 25.5. The molecule has 0 unspecified atom stereocenters. The van der Waals surface area contributed by atoms with Crippen molar-refractivity contribution in [3.05, 3.63) is 78.3 Å². The lowest BCUT2D eigenvalue weighted by Gasteiger charge is -2.28. The van der Waals surface area contributed by atoms with Gasteiger partial charge in [0.05, 0.1) is 20.5 Å². The molecule has 0 aliphatic rings. The standard InChI is InChI=1S/C27H31NO5/c1-20(2)28(27(31)22-13-11-21(12-14-22)24-15-17-32-19-24)18-23-8-5-6-9-25(23)33-16-7-3-4-10-26(29)30/h5-6,8-9,11-15,17,19-20H,3-4,7,10,16,18H2,1-2H3,(H,29,30)/i20D. The number of carboxylic acids is 1. The van der Waals surface area contributed by atoms with Gasteiger partial charge in [0.1, 0.15) is 5.75 Å². The average molecular weight is 451 g/mol. The highest BCUT2D eigenvalue weighted by Crippen LogP contribution is 2.24. The smallest absolute Gasteiger partial charge is 0.303 e. The first-order chi connectivity index (χ1) is 16.3. The Bertz CT molecular complexity index is 1070. The number of hydrogen-bond acceptors (Lipinski definition) is 4. The van der Waals surface area contributed by atoms with E-state index in [2.05, 4.69) is 0 Å². The first kappa shape index (κ1) is 22.6. The Labute approximate surface area is 196 Å². The number of carboxylic acid groups (broad SMARTS) is 1. The Morgan fingerprint density at radius 3 is 2.45 bits per heavy atom. The molecule has 2 aromatic carbocycles. The number of aliphatic carboxylic acids is 1. The van der Waals surface area contributed by atoms with Crippen LogP contribution in [0.25, 0.3) is 11.1 Å². The van der Waals surface area contributed by atoms with Crippen molar-refractivity contribution in [3.63, 3.8) is 0 Å². The minimum atomic E-state index is -1.15. The van der Waals surface area contributed by atoms with Gasteiger partial charge in [-0.05, 0) is 62.9 Å². The Morgan fingerprint density at radius 2 is 1.79 bits per heavy atom. The van der Waals surface area contributed by atoms with E-state index in [9.17, 15) is 9.59 Å². The van der Waals surface area contributed by atoms with E-state index in [0.717, 1.165) is 29.5 Å². The number of amides is 1. The van der Waals surface area contributed by atoms with Crippen molar-refractivity contribution in [2.75, 3.05) is 6.61 Å². The number of furan rings is 1. The van der Waals surface area contributed by atoms with Crippen LogP contribution in [0.5, 0.6) is 5.75 Å². The van der Waals surface area contributed by atoms with Gasteiger partial charge in [0, 0.05) is 35.7 Å². The number of nitrogens with zero attached hydrogens (tertiary/aromatic N) is 1. The van der Waals surface area contributed by atoms with Crippen molar-refractivity contribution in [3.8, 4) is 16.9 Å². The van der Waals surface area contributed by atoms with Crippen LogP contribution in [0.3, 0.4) is 0 Å². The lowest BCUT2D eigenvalue weighted by molar-refractivity contribution is -0.137. The molecule has 0 bridgehead atoms. The van der Waals surface area contributed by atoms with E-state index in [1.165, 1.54) is 4.90 Å². The minimum absolute atomic E-state index is 0.162. The molecule has 0 aliphatic heterocycles. The molecule has 0 atom stereocenters. The third-order valence-electron chi connectivity index (χ3n) is 5.36. The van der Waals surface area contributed by atoms with Crippen LogP contribution >= 0.6 is 0 Å². The van der Waals surface area contributed by atoms with E-state index in [1.807, 2.05) is 42.5 Å². The first-order valence-corrected chi connectivity index (χ1v) is 11.1. The van der Waals surface area contributed by atoms with Crippen LogP contribution in [0.1, 0.15) is 56.8 Å². The van der Waals surface area contributed by atoms with Crippen molar-refractivity contribution >= 4 is 11.9 Å². The molecular weight excluding hydrogens is 418 g/mol. The Balaban J connectivity index is 1.69. The predicted octanol–water partition coefficient (Wildman–Crippen LogP) is 6.02. The number of carbonyl (C=O) groups is 2. The molecule has 0 radical (unpaired) electrons. The van der Waals surface area contributed by atoms with Gasteiger partial charge in [0.25, 0.3) is 5.91 Å². The van der Waals surface area contributed by atoms with Crippen molar-refractivity contribution in [2.45, 2.75) is 52.1 Å². The maximum atomic E-state index is 13.4. The van der Waals surface area contributed by atoms with Gasteiger partial charge in [-0.3, -0.25) is 9.59 Å². The average Bonchev–Trinajstić information content (AvgIpc) is 3.34. The normalized spacial score (nSPS) is 11.6. The van der Waals surface area contributed by atoms with Crippen molar-refractivity contribution < 1.29 is 25.2 Å². The monoisotopic (exact) mass is 450 g/mol. The molecule has 174 valence electrons. The second-order valence-corrected chi connectivity index (χ2v) is 8.09. The van der Waals surface area contributed by atoms with Crippen LogP contribution in [0.15, 0.2) is 71.5 Å². The lowest BCUT2D eigenvalue weighted by Crippen LogP contribution is -2.36. The Morgan fingerprint density at radius 1 is 1.03 bits per heavy atom. The molecule has 1 amide bonds. The second-order valence-electron chi connectivity index (χ2n) is 8.09. The quantitative estimate of drug-likeness (QED) is 0.341. The number of hydrogen-bond donors (Lipinski definition) is 1. The highest BCUT2D eigenvalue weighted by atomic mass is 16.5. The van der Waals surface area contributed by atoms with Gasteiger partial charge >= 0.3 is 5.97 Å². The van der Waals surface area contributed by atoms with Crippen LogP contribution in [0, 0.1) is 0 Å². The fourth-order valence-corrected chi connectivity index (χ4v) is 3.51. The summed E-state index contributed by atoms with van der Waals surface area (Å²) in [7, 11) is 0. The predicted molar refractivity (Wildman–Crippen MR) is 127 cm³/mol. The van der Waals surface area contributed by atoms with Crippen molar-refractivity contribution in [2.24, 2.45) is 0 Å². The SMILES string of the molecule is [2H]C(C)(C)N(Cc1ccccc1OCCCCCC(=O)O)C(=O)c1ccc(-c2ccoc2)cc1. The molecule has 6 nitrogen and oxygen atoms in total. The summed E-state index contributed by atoms with van der Waals surface area (Å²) in [5, 5.41) is 8.74. The number of para-hydroxylation sites is 1. The molecular formula is C27H31NO5. The number of unbranched alkanes of at least 4 members (excludes halogenated alkanes) is 2. The molecule has 33 heavy (non-hydrogen) atoms. The highest BCUT2D eigenvalue weighted by Gasteiger charge is 2.21. The van der Waals surface area contributed by atoms with Crippen molar-refractivity contribution in [1.82, 2.24) is 4.90 Å². The van der Waals surface area contributed by atoms with E-state index in [4.69, 9.17) is 15.6 Å². The largest absolute Gasteiger partial charge is 0.493 e. The van der Waals surface area contributed by atoms with E-state index in [1.54, 1.807) is 38.5 Å². The molecule has 1 aromatic heterocycles. The molecule has 6 heteroatoms. The van der Waals surface area contributed by atoms with Crippen LogP contribution in [0.2, 0.25) is 0 Å². The molecule has 0 fully saturated rings. The van der Waals surface area contributed by atoms with E-state index >= 15 is 0 Å². The summed E-state index contributed by atoms with van der Waals surface area (Å²) >= 11 is 0. The van der Waals surface area contributed by atoms with Crippen LogP contribution in [0.4, 0.5) is 0 Å². The highest BCUT2D eigenvalue weighted by molar-refractivity contribution is 5.95. The zero-order chi connectivity index (χ0) is 24.6. The van der Waals surface area contributed by atoms with E-state index < -0.39 is 12.0 Å². The van der Waals surface area contributed by atoms with Crippen LogP contribution < -0.4 is 4.74 Å². The van der Waals surface area contributed by atoms with Gasteiger partial charge in [-0.15, -0.1) is 0 Å². The van der Waals surface area contributed by atoms with E-state index in [0.29, 0.717) is 24.3 Å². The second kappa shape index (κ2) is 11.9. The molecule has 3 aromatic rings. The molecule has 0 aliphatic carbocycles. The van der Waals surface area contributed by atoms with Gasteiger partial charge < -0.3 is 19.2 Å². The fraction of sp³-hybridized carbons (Fsp3) is 0.333. The first-order valence-electron chi connectivity index (χ1n) is 11.6. The van der Waals surface area contributed by atoms with Gasteiger partial charge in [0.2, 0.25) is 0 Å². The number of rotatable bonds is 12. The zero-order valence-corrected chi connectivity index (χ0v) is 19.1. The molecule has 1 N–H and O–H groups in total. The molecule has 3 rings (SSSR count). The van der Waals surface area contributed by atoms with Crippen LogP contribution in [-0.4, -0.2) is 34.5 Å². The fourth-order valence-electron chi connectivity index (χ4n) is 3.51. The van der Waals surface area contributed by atoms with Gasteiger partial charge in [-0.1, -0.05) is 30.3 Å².